The van der Waals surface area contributed by atoms with Crippen molar-refractivity contribution in [1.29, 1.82) is 0 Å². The number of piperidine rings is 1. The maximum Gasteiger partial charge on any atom is 0.306 e. The fraction of sp³-hybridized carbons (Fsp3) is 0.903. The third-order valence-electron chi connectivity index (χ3n) is 7.04. The molecule has 0 aromatic rings. The van der Waals surface area contributed by atoms with E-state index in [0.29, 0.717) is 6.42 Å². The molecule has 0 aromatic heterocycles. The molecule has 1 saturated heterocycles. The third kappa shape index (κ3) is 14.7. The van der Waals surface area contributed by atoms with Gasteiger partial charge in [0.2, 0.25) is 0 Å². The molecular weight excluding hydrogens is 450 g/mol. The second-order valence-corrected chi connectivity index (χ2v) is 12.9. The van der Waals surface area contributed by atoms with Gasteiger partial charge in [0.15, 0.2) is 0 Å². The highest BCUT2D eigenvalue weighted by molar-refractivity contribution is 5.69. The van der Waals surface area contributed by atoms with E-state index >= 15 is 0 Å². The van der Waals surface area contributed by atoms with E-state index < -0.39 is 5.60 Å². The van der Waals surface area contributed by atoms with Gasteiger partial charge in [-0.25, -0.2) is 0 Å². The predicted octanol–water partition coefficient (Wildman–Crippen LogP) is 8.29. The highest BCUT2D eigenvalue weighted by Crippen LogP contribution is 2.40. The number of carbonyl (C=O) groups is 1. The number of unbranched alkanes of at least 4 members (excludes halogenated alkanes) is 11. The Labute approximate surface area is 223 Å². The zero-order chi connectivity index (χ0) is 27.1. The second kappa shape index (κ2) is 16.8. The Morgan fingerprint density at radius 2 is 1.33 bits per heavy atom. The first-order chi connectivity index (χ1) is 16.9. The van der Waals surface area contributed by atoms with Crippen LogP contribution in [0.2, 0.25) is 0 Å². The summed E-state index contributed by atoms with van der Waals surface area (Å²) in [6, 6.07) is 0. The quantitative estimate of drug-likeness (QED) is 0.108. The molecule has 5 nitrogen and oxygen atoms in total. The van der Waals surface area contributed by atoms with Gasteiger partial charge >= 0.3 is 5.97 Å². The number of carbonyl (C=O) groups excluding carboxylic acids is 1. The number of esters is 1. The summed E-state index contributed by atoms with van der Waals surface area (Å²) in [6.45, 7) is 14.5. The standard InChI is InChI=1S/C31H59NO4/c1-8-9-10-11-12-13-14-15-16-17-18-19-20-21-22-23-28(33)36-27-24-29(2,3)32(30(4,5)25-27)35-26-31(6,7)34/h15-16,27,34H,8-14,17-26H2,1-7H3. The maximum absolute atomic E-state index is 12.5. The summed E-state index contributed by atoms with van der Waals surface area (Å²) < 4.78 is 5.90. The molecule has 1 fully saturated rings. The SMILES string of the molecule is CCCCCCCCC=CCCCCCCCC(=O)OC1CC(C)(C)N(OCC(C)(C)O)C(C)(C)C1. The molecule has 0 spiro atoms. The summed E-state index contributed by atoms with van der Waals surface area (Å²) >= 11 is 0. The van der Waals surface area contributed by atoms with Crippen molar-refractivity contribution in [2.45, 2.75) is 174 Å². The van der Waals surface area contributed by atoms with Crippen molar-refractivity contribution in [2.24, 2.45) is 0 Å². The number of rotatable bonds is 19. The highest BCUT2D eigenvalue weighted by atomic mass is 16.7. The molecule has 1 aliphatic heterocycles. The van der Waals surface area contributed by atoms with Crippen LogP contribution < -0.4 is 0 Å². The summed E-state index contributed by atoms with van der Waals surface area (Å²) in [5.41, 5.74) is -1.47. The van der Waals surface area contributed by atoms with E-state index in [9.17, 15) is 9.90 Å². The minimum atomic E-state index is -0.889. The molecular formula is C31H59NO4. The smallest absolute Gasteiger partial charge is 0.306 e. The molecule has 1 N–H and O–H groups in total. The predicted molar refractivity (Wildman–Crippen MR) is 151 cm³/mol. The molecule has 0 saturated carbocycles. The molecule has 0 atom stereocenters. The van der Waals surface area contributed by atoms with Gasteiger partial charge in [-0.2, -0.15) is 5.06 Å². The van der Waals surface area contributed by atoms with E-state index in [4.69, 9.17) is 9.57 Å². The van der Waals surface area contributed by atoms with E-state index in [-0.39, 0.29) is 29.8 Å². The number of nitrogens with zero attached hydrogens (tertiary/aromatic N) is 1. The van der Waals surface area contributed by atoms with Crippen LogP contribution in [0.5, 0.6) is 0 Å². The van der Waals surface area contributed by atoms with Gasteiger partial charge in [-0.3, -0.25) is 9.63 Å². The normalized spacial score (nSPS) is 18.7. The molecule has 36 heavy (non-hydrogen) atoms. The van der Waals surface area contributed by atoms with Crippen molar-refractivity contribution in [3.63, 3.8) is 0 Å². The summed E-state index contributed by atoms with van der Waals surface area (Å²) in [7, 11) is 0. The van der Waals surface area contributed by atoms with Gasteiger partial charge in [0.25, 0.3) is 0 Å². The van der Waals surface area contributed by atoms with Crippen LogP contribution in [0.3, 0.4) is 0 Å². The highest BCUT2D eigenvalue weighted by Gasteiger charge is 2.48. The van der Waals surface area contributed by atoms with Gasteiger partial charge in [0.1, 0.15) is 6.10 Å². The molecule has 5 heteroatoms. The molecule has 0 bridgehead atoms. The molecule has 0 aliphatic carbocycles. The summed E-state index contributed by atoms with van der Waals surface area (Å²) in [5, 5.41) is 12.1. The first-order valence-electron chi connectivity index (χ1n) is 14.9. The van der Waals surface area contributed by atoms with Crippen molar-refractivity contribution in [3.8, 4) is 0 Å². The first kappa shape index (κ1) is 33.1. The Bertz CT molecular complexity index is 603. The molecule has 212 valence electrons. The molecule has 1 rings (SSSR count). The molecule has 0 aromatic carbocycles. The summed E-state index contributed by atoms with van der Waals surface area (Å²) in [6.07, 6.45) is 22.9. The Hall–Kier alpha value is -0.910. The molecule has 1 aliphatic rings. The Kier molecular flexibility index (Phi) is 15.5. The monoisotopic (exact) mass is 509 g/mol. The van der Waals surface area contributed by atoms with E-state index in [0.717, 1.165) is 25.7 Å². The number of ether oxygens (including phenoxy) is 1. The zero-order valence-corrected chi connectivity index (χ0v) is 24.9. The second-order valence-electron chi connectivity index (χ2n) is 12.9. The van der Waals surface area contributed by atoms with Gasteiger partial charge in [-0.05, 0) is 73.6 Å². The van der Waals surface area contributed by atoms with Gasteiger partial charge in [-0.1, -0.05) is 70.4 Å². The number of hydrogen-bond donors (Lipinski definition) is 1. The topological polar surface area (TPSA) is 59.0 Å². The molecule has 0 radical (unpaired) electrons. The van der Waals surface area contributed by atoms with Crippen molar-refractivity contribution in [1.82, 2.24) is 5.06 Å². The lowest BCUT2D eigenvalue weighted by Gasteiger charge is -2.53. The molecule has 0 amide bonds. The average Bonchev–Trinajstić information content (AvgIpc) is 2.73. The molecule has 0 unspecified atom stereocenters. The van der Waals surface area contributed by atoms with Crippen LogP contribution in [0.25, 0.3) is 0 Å². The van der Waals surface area contributed by atoms with Crippen LogP contribution in [-0.4, -0.2) is 45.5 Å². The van der Waals surface area contributed by atoms with Crippen molar-refractivity contribution in [3.05, 3.63) is 12.2 Å². The van der Waals surface area contributed by atoms with Crippen LogP contribution >= 0.6 is 0 Å². The van der Waals surface area contributed by atoms with Crippen molar-refractivity contribution < 1.29 is 19.5 Å². The van der Waals surface area contributed by atoms with E-state index in [1.165, 1.54) is 70.6 Å². The number of hydroxylamine groups is 2. The Morgan fingerprint density at radius 3 is 1.83 bits per heavy atom. The summed E-state index contributed by atoms with van der Waals surface area (Å²) in [5.74, 6) is -0.0740. The Balaban J connectivity index is 2.15. The van der Waals surface area contributed by atoms with Crippen LogP contribution in [0, 0.1) is 0 Å². The lowest BCUT2D eigenvalue weighted by atomic mass is 9.80. The zero-order valence-electron chi connectivity index (χ0n) is 24.9. The first-order valence-corrected chi connectivity index (χ1v) is 14.9. The van der Waals surface area contributed by atoms with Gasteiger partial charge in [0, 0.05) is 30.3 Å². The fourth-order valence-corrected chi connectivity index (χ4v) is 5.41. The van der Waals surface area contributed by atoms with E-state index in [2.05, 4.69) is 46.8 Å². The van der Waals surface area contributed by atoms with Crippen LogP contribution in [0.15, 0.2) is 12.2 Å². The summed E-state index contributed by atoms with van der Waals surface area (Å²) in [4.78, 5) is 18.5. The van der Waals surface area contributed by atoms with Crippen molar-refractivity contribution >= 4 is 5.97 Å². The Morgan fingerprint density at radius 1 is 0.861 bits per heavy atom. The minimum Gasteiger partial charge on any atom is -0.462 e. The van der Waals surface area contributed by atoms with Gasteiger partial charge in [0.05, 0.1) is 12.2 Å². The largest absolute Gasteiger partial charge is 0.462 e. The lowest BCUT2D eigenvalue weighted by molar-refractivity contribution is -0.306. The number of allylic oxidation sites excluding steroid dienone is 2. The van der Waals surface area contributed by atoms with Crippen LogP contribution in [0.1, 0.15) is 151 Å². The third-order valence-corrected chi connectivity index (χ3v) is 7.04. The minimum absolute atomic E-state index is 0.0740. The van der Waals surface area contributed by atoms with Crippen LogP contribution in [-0.2, 0) is 14.4 Å². The molecule has 1 heterocycles. The van der Waals surface area contributed by atoms with E-state index in [1.807, 2.05) is 5.06 Å². The van der Waals surface area contributed by atoms with Gasteiger partial charge < -0.3 is 9.84 Å². The number of aliphatic hydroxyl groups is 1. The van der Waals surface area contributed by atoms with Crippen molar-refractivity contribution in [2.75, 3.05) is 6.61 Å². The van der Waals surface area contributed by atoms with Crippen LogP contribution in [0.4, 0.5) is 0 Å². The fourth-order valence-electron chi connectivity index (χ4n) is 5.41. The van der Waals surface area contributed by atoms with E-state index in [1.54, 1.807) is 13.8 Å². The lowest BCUT2D eigenvalue weighted by Crippen LogP contribution is -2.62. The van der Waals surface area contributed by atoms with Gasteiger partial charge in [-0.15, -0.1) is 0 Å². The maximum atomic E-state index is 12.5. The number of hydrogen-bond acceptors (Lipinski definition) is 5. The average molecular weight is 510 g/mol.